The molecule has 0 aromatic carbocycles. The van der Waals surface area contributed by atoms with E-state index in [2.05, 4.69) is 12.2 Å². The summed E-state index contributed by atoms with van der Waals surface area (Å²) in [6.07, 6.45) is 1.70. The predicted octanol–water partition coefficient (Wildman–Crippen LogP) is 0.591. The topological polar surface area (TPSA) is 75.7 Å². The van der Waals surface area contributed by atoms with Crippen LogP contribution in [0.25, 0.3) is 0 Å². The lowest BCUT2D eigenvalue weighted by Gasteiger charge is -2.31. The van der Waals surface area contributed by atoms with E-state index in [0.29, 0.717) is 19.0 Å². The monoisotopic (exact) mass is 306 g/mol. The minimum absolute atomic E-state index is 0.0620. The molecule has 1 heterocycles. The van der Waals surface area contributed by atoms with E-state index in [-0.39, 0.29) is 18.8 Å². The number of hydrogen-bond donors (Lipinski definition) is 1. The fourth-order valence-corrected chi connectivity index (χ4v) is 3.76. The van der Waals surface area contributed by atoms with Crippen LogP contribution in [0.4, 0.5) is 0 Å². The van der Waals surface area contributed by atoms with Crippen molar-refractivity contribution in [2.75, 3.05) is 38.5 Å². The minimum atomic E-state index is -3.33. The summed E-state index contributed by atoms with van der Waals surface area (Å²) in [7, 11) is -3.33. The van der Waals surface area contributed by atoms with E-state index in [0.717, 1.165) is 25.9 Å². The average Bonchev–Trinajstić information content (AvgIpc) is 2.44. The van der Waals surface area contributed by atoms with Gasteiger partial charge in [-0.25, -0.2) is 12.7 Å². The highest BCUT2D eigenvalue weighted by atomic mass is 32.2. The molecule has 20 heavy (non-hydrogen) atoms. The Kier molecular flexibility index (Phi) is 7.47. The van der Waals surface area contributed by atoms with Crippen LogP contribution in [0.5, 0.6) is 0 Å². The molecular weight excluding hydrogens is 280 g/mol. The van der Waals surface area contributed by atoms with E-state index in [1.807, 2.05) is 0 Å². The zero-order chi connectivity index (χ0) is 15.0. The average molecular weight is 306 g/mol. The highest BCUT2D eigenvalue weighted by molar-refractivity contribution is 7.89. The fraction of sp³-hybridized carbons (Fsp3) is 0.923. The molecule has 0 atom stereocenters. The summed E-state index contributed by atoms with van der Waals surface area (Å²) in [5, 5.41) is 3.30. The van der Waals surface area contributed by atoms with Gasteiger partial charge in [0.25, 0.3) is 0 Å². The zero-order valence-corrected chi connectivity index (χ0v) is 13.2. The van der Waals surface area contributed by atoms with Gasteiger partial charge in [-0.3, -0.25) is 4.79 Å². The molecule has 118 valence electrons. The number of ether oxygens (including phenoxy) is 1. The van der Waals surface area contributed by atoms with E-state index in [4.69, 9.17) is 4.74 Å². The lowest BCUT2D eigenvalue weighted by molar-refractivity contribution is -0.142. The molecule has 1 rings (SSSR count). The molecule has 1 N–H and O–H groups in total. The Hall–Kier alpha value is -0.660. The quantitative estimate of drug-likeness (QED) is 0.664. The van der Waals surface area contributed by atoms with E-state index < -0.39 is 16.0 Å². The first-order valence-corrected chi connectivity index (χ1v) is 8.94. The third-order valence-corrected chi connectivity index (χ3v) is 5.39. The van der Waals surface area contributed by atoms with Crippen molar-refractivity contribution in [3.05, 3.63) is 0 Å². The molecule has 0 aromatic rings. The van der Waals surface area contributed by atoms with Crippen molar-refractivity contribution in [3.63, 3.8) is 0 Å². The van der Waals surface area contributed by atoms with Crippen LogP contribution in [0.1, 0.15) is 33.1 Å². The first-order chi connectivity index (χ1) is 9.49. The highest BCUT2D eigenvalue weighted by Gasteiger charge is 2.28. The smallest absolute Gasteiger partial charge is 0.306 e. The van der Waals surface area contributed by atoms with Crippen LogP contribution in [-0.2, 0) is 19.6 Å². The van der Waals surface area contributed by atoms with Crippen LogP contribution in [0.15, 0.2) is 0 Å². The molecule has 0 unspecified atom stereocenters. The molecule has 0 aromatic heterocycles. The summed E-state index contributed by atoms with van der Waals surface area (Å²) in [6, 6.07) is 0. The lowest BCUT2D eigenvalue weighted by atomic mass is 9.98. The van der Waals surface area contributed by atoms with Gasteiger partial charge >= 0.3 is 5.97 Å². The van der Waals surface area contributed by atoms with Gasteiger partial charge in [0, 0.05) is 13.1 Å². The van der Waals surface area contributed by atoms with E-state index >= 15 is 0 Å². The van der Waals surface area contributed by atoms with Crippen LogP contribution in [0, 0.1) is 5.92 Å². The maximum atomic E-state index is 12.1. The first-order valence-electron chi connectivity index (χ1n) is 7.33. The number of nitrogens with zero attached hydrogens (tertiary/aromatic N) is 1. The molecule has 0 radical (unpaired) electrons. The second-order valence-electron chi connectivity index (χ2n) is 5.02. The van der Waals surface area contributed by atoms with Gasteiger partial charge in [-0.05, 0) is 38.8 Å². The number of carbonyl (C=O) groups excluding carboxylic acids is 1. The fourth-order valence-electron chi connectivity index (χ4n) is 2.31. The van der Waals surface area contributed by atoms with Gasteiger partial charge < -0.3 is 10.1 Å². The van der Waals surface area contributed by atoms with Gasteiger partial charge in [0.15, 0.2) is 0 Å². The number of esters is 1. The Balaban J connectivity index is 2.36. The Morgan fingerprint density at radius 1 is 1.30 bits per heavy atom. The normalized spacial score (nSPS) is 18.1. The summed E-state index contributed by atoms with van der Waals surface area (Å²) in [6.45, 7) is 7.07. The second kappa shape index (κ2) is 8.59. The maximum Gasteiger partial charge on any atom is 0.306 e. The molecule has 0 aliphatic carbocycles. The van der Waals surface area contributed by atoms with Crippen LogP contribution in [0.3, 0.4) is 0 Å². The summed E-state index contributed by atoms with van der Waals surface area (Å²) in [5.41, 5.74) is 0. The lowest BCUT2D eigenvalue weighted by Crippen LogP contribution is -2.42. The molecule has 1 saturated heterocycles. The third-order valence-electron chi connectivity index (χ3n) is 3.52. The van der Waals surface area contributed by atoms with Crippen molar-refractivity contribution in [2.45, 2.75) is 33.1 Å². The van der Waals surface area contributed by atoms with Crippen molar-refractivity contribution in [2.24, 2.45) is 5.92 Å². The van der Waals surface area contributed by atoms with Crippen LogP contribution in [-0.4, -0.2) is 57.2 Å². The third kappa shape index (κ3) is 5.76. The van der Waals surface area contributed by atoms with E-state index in [1.54, 1.807) is 6.92 Å². The molecule has 7 heteroatoms. The molecule has 0 amide bonds. The number of carbonyl (C=O) groups is 1. The van der Waals surface area contributed by atoms with Crippen LogP contribution in [0.2, 0.25) is 0 Å². The summed E-state index contributed by atoms with van der Waals surface area (Å²) in [5.74, 6) is -0.0476. The minimum Gasteiger partial charge on any atom is -0.466 e. The van der Waals surface area contributed by atoms with E-state index in [9.17, 15) is 13.2 Å². The van der Waals surface area contributed by atoms with Crippen molar-refractivity contribution in [3.8, 4) is 0 Å². The molecule has 6 nitrogen and oxygen atoms in total. The summed E-state index contributed by atoms with van der Waals surface area (Å²) < 4.78 is 30.5. The highest BCUT2D eigenvalue weighted by Crippen LogP contribution is 2.19. The largest absolute Gasteiger partial charge is 0.466 e. The standard InChI is InChI=1S/C13H26N2O4S/c1-3-14-11-12-5-8-15(9-6-12)20(17,18)10-7-13(16)19-4-2/h12,14H,3-11H2,1-2H3. The summed E-state index contributed by atoms with van der Waals surface area (Å²) in [4.78, 5) is 11.2. The van der Waals surface area contributed by atoms with Gasteiger partial charge in [0.05, 0.1) is 18.8 Å². The number of hydrogen-bond acceptors (Lipinski definition) is 5. The number of piperidine rings is 1. The molecule has 0 spiro atoms. The van der Waals surface area contributed by atoms with Crippen molar-refractivity contribution in [1.29, 1.82) is 0 Å². The van der Waals surface area contributed by atoms with Gasteiger partial charge in [0.2, 0.25) is 10.0 Å². The molecular formula is C13H26N2O4S. The Morgan fingerprint density at radius 2 is 1.95 bits per heavy atom. The Labute approximate surface area is 121 Å². The number of sulfonamides is 1. The second-order valence-corrected chi connectivity index (χ2v) is 7.11. The van der Waals surface area contributed by atoms with Gasteiger partial charge in [-0.2, -0.15) is 0 Å². The number of nitrogens with one attached hydrogen (secondary N) is 1. The Bertz CT molecular complexity index is 389. The van der Waals surface area contributed by atoms with Crippen molar-refractivity contribution < 1.29 is 17.9 Å². The molecule has 0 saturated carbocycles. The maximum absolute atomic E-state index is 12.1. The van der Waals surface area contributed by atoms with Gasteiger partial charge in [0.1, 0.15) is 0 Å². The number of rotatable bonds is 8. The zero-order valence-electron chi connectivity index (χ0n) is 12.4. The van der Waals surface area contributed by atoms with Crippen LogP contribution < -0.4 is 5.32 Å². The van der Waals surface area contributed by atoms with Crippen LogP contribution >= 0.6 is 0 Å². The van der Waals surface area contributed by atoms with Crippen molar-refractivity contribution >= 4 is 16.0 Å². The molecule has 1 fully saturated rings. The Morgan fingerprint density at radius 3 is 2.50 bits per heavy atom. The SMILES string of the molecule is CCNCC1CCN(S(=O)(=O)CCC(=O)OCC)CC1. The van der Waals surface area contributed by atoms with Gasteiger partial charge in [-0.1, -0.05) is 6.92 Å². The van der Waals surface area contributed by atoms with E-state index in [1.165, 1.54) is 4.31 Å². The van der Waals surface area contributed by atoms with Gasteiger partial charge in [-0.15, -0.1) is 0 Å². The molecule has 0 bridgehead atoms. The summed E-state index contributed by atoms with van der Waals surface area (Å²) >= 11 is 0. The van der Waals surface area contributed by atoms with Crippen molar-refractivity contribution in [1.82, 2.24) is 9.62 Å². The first kappa shape index (κ1) is 17.4. The molecule has 1 aliphatic heterocycles. The molecule has 1 aliphatic rings. The predicted molar refractivity (Wildman–Crippen MR) is 77.9 cm³/mol.